The highest BCUT2D eigenvalue weighted by molar-refractivity contribution is 5.68. The van der Waals surface area contributed by atoms with Crippen LogP contribution in [0.4, 0.5) is 4.79 Å². The van der Waals surface area contributed by atoms with Gasteiger partial charge in [-0.1, -0.05) is 0 Å². The molecule has 0 saturated carbocycles. The molecule has 1 unspecified atom stereocenters. The van der Waals surface area contributed by atoms with Gasteiger partial charge in [0.1, 0.15) is 5.60 Å². The Morgan fingerprint density at radius 1 is 1.53 bits per heavy atom. The van der Waals surface area contributed by atoms with Crippen LogP contribution in [0.1, 0.15) is 44.4 Å². The molecule has 0 fully saturated rings. The van der Waals surface area contributed by atoms with Gasteiger partial charge in [0, 0.05) is 12.4 Å². The predicted molar refractivity (Wildman–Crippen MR) is 64.7 cm³/mol. The topological polar surface area (TPSA) is 51.2 Å². The number of hydrogen-bond donors (Lipinski definition) is 1. The van der Waals surface area contributed by atoms with Gasteiger partial charge >= 0.3 is 6.09 Å². The fourth-order valence-electron chi connectivity index (χ4n) is 2.03. The monoisotopic (exact) mass is 234 g/mol. The number of hydrogen-bond acceptors (Lipinski definition) is 3. The lowest BCUT2D eigenvalue weighted by molar-refractivity contribution is 0.0503. The van der Waals surface area contributed by atoms with Crippen molar-refractivity contribution in [2.75, 3.05) is 0 Å². The maximum atomic E-state index is 11.7. The number of carbonyl (C=O) groups is 1. The van der Waals surface area contributed by atoms with E-state index in [0.29, 0.717) is 0 Å². The summed E-state index contributed by atoms with van der Waals surface area (Å²) in [4.78, 5) is 15.8. The minimum Gasteiger partial charge on any atom is -0.444 e. The van der Waals surface area contributed by atoms with Crippen molar-refractivity contribution < 1.29 is 9.53 Å². The maximum absolute atomic E-state index is 11.7. The first-order valence-electron chi connectivity index (χ1n) is 5.88. The van der Waals surface area contributed by atoms with Crippen molar-refractivity contribution >= 4 is 6.09 Å². The van der Waals surface area contributed by atoms with Crippen LogP contribution in [0.25, 0.3) is 0 Å². The van der Waals surface area contributed by atoms with Crippen LogP contribution in [-0.2, 0) is 11.2 Å². The summed E-state index contributed by atoms with van der Waals surface area (Å²) >= 11 is 0. The van der Waals surface area contributed by atoms with Crippen LogP contribution in [-0.4, -0.2) is 16.7 Å². The number of nitrogens with one attached hydrogen (secondary N) is 1. The van der Waals surface area contributed by atoms with Gasteiger partial charge in [0.2, 0.25) is 0 Å². The third kappa shape index (κ3) is 2.96. The second-order valence-corrected chi connectivity index (χ2v) is 5.31. The van der Waals surface area contributed by atoms with Crippen molar-refractivity contribution in [2.24, 2.45) is 0 Å². The SMILES string of the molecule is CC(C)(C)OC(=O)NC1CCc2ccncc21. The molecule has 0 saturated heterocycles. The number of rotatable bonds is 1. The molecule has 1 heterocycles. The van der Waals surface area contributed by atoms with E-state index in [9.17, 15) is 4.79 Å². The Bertz CT molecular complexity index is 424. The standard InChI is InChI=1S/C13H18N2O2/c1-13(2,3)17-12(16)15-11-5-4-9-6-7-14-8-10(9)11/h6-8,11H,4-5H2,1-3H3,(H,15,16). The van der Waals surface area contributed by atoms with E-state index in [-0.39, 0.29) is 12.1 Å². The summed E-state index contributed by atoms with van der Waals surface area (Å²) in [6.07, 6.45) is 5.15. The van der Waals surface area contributed by atoms with Gasteiger partial charge < -0.3 is 10.1 Å². The van der Waals surface area contributed by atoms with E-state index in [0.717, 1.165) is 18.4 Å². The second kappa shape index (κ2) is 4.35. The minimum absolute atomic E-state index is 0.0357. The molecule has 1 amide bonds. The Hall–Kier alpha value is -1.58. The summed E-state index contributed by atoms with van der Waals surface area (Å²) in [5.74, 6) is 0. The third-order valence-corrected chi connectivity index (χ3v) is 2.71. The molecule has 0 spiro atoms. The molecule has 1 aromatic heterocycles. The Balaban J connectivity index is 2.00. The zero-order valence-corrected chi connectivity index (χ0v) is 10.5. The van der Waals surface area contributed by atoms with Crippen molar-refractivity contribution in [1.82, 2.24) is 10.3 Å². The smallest absolute Gasteiger partial charge is 0.408 e. The number of aryl methyl sites for hydroxylation is 1. The summed E-state index contributed by atoms with van der Waals surface area (Å²) in [7, 11) is 0. The highest BCUT2D eigenvalue weighted by atomic mass is 16.6. The van der Waals surface area contributed by atoms with Gasteiger partial charge in [0.15, 0.2) is 0 Å². The average Bonchev–Trinajstić information content (AvgIpc) is 2.59. The van der Waals surface area contributed by atoms with Crippen LogP contribution in [0.3, 0.4) is 0 Å². The van der Waals surface area contributed by atoms with E-state index >= 15 is 0 Å². The van der Waals surface area contributed by atoms with E-state index in [1.807, 2.05) is 33.0 Å². The fraction of sp³-hybridized carbons (Fsp3) is 0.538. The Morgan fingerprint density at radius 3 is 3.00 bits per heavy atom. The van der Waals surface area contributed by atoms with Crippen molar-refractivity contribution in [3.8, 4) is 0 Å². The summed E-state index contributed by atoms with van der Waals surface area (Å²) < 4.78 is 5.24. The van der Waals surface area contributed by atoms with E-state index in [4.69, 9.17) is 4.74 Å². The van der Waals surface area contributed by atoms with Crippen LogP contribution >= 0.6 is 0 Å². The minimum atomic E-state index is -0.458. The molecule has 1 N–H and O–H groups in total. The molecule has 4 heteroatoms. The molecule has 1 atom stereocenters. The molecule has 0 aliphatic heterocycles. The lowest BCUT2D eigenvalue weighted by Gasteiger charge is -2.22. The molecular formula is C13H18N2O2. The van der Waals surface area contributed by atoms with Gasteiger partial charge in [-0.15, -0.1) is 0 Å². The van der Waals surface area contributed by atoms with Crippen molar-refractivity contribution in [3.63, 3.8) is 0 Å². The van der Waals surface area contributed by atoms with E-state index < -0.39 is 5.60 Å². The average molecular weight is 234 g/mol. The van der Waals surface area contributed by atoms with Gasteiger partial charge in [-0.2, -0.15) is 0 Å². The van der Waals surface area contributed by atoms with Gasteiger partial charge in [-0.05, 0) is 50.8 Å². The summed E-state index contributed by atoms with van der Waals surface area (Å²) in [5.41, 5.74) is 1.92. The number of nitrogens with zero attached hydrogens (tertiary/aromatic N) is 1. The first-order valence-corrected chi connectivity index (χ1v) is 5.88. The predicted octanol–water partition coefficient (Wildman–Crippen LogP) is 2.59. The lowest BCUT2D eigenvalue weighted by Crippen LogP contribution is -2.34. The first kappa shape index (κ1) is 11.9. The summed E-state index contributed by atoms with van der Waals surface area (Å²) in [6.45, 7) is 5.57. The van der Waals surface area contributed by atoms with Crippen molar-refractivity contribution in [2.45, 2.75) is 45.3 Å². The molecule has 1 aliphatic carbocycles. The molecule has 0 bridgehead atoms. The van der Waals surface area contributed by atoms with Gasteiger partial charge in [0.05, 0.1) is 6.04 Å². The van der Waals surface area contributed by atoms with Gasteiger partial charge in [0.25, 0.3) is 0 Å². The number of carbonyl (C=O) groups excluding carboxylic acids is 1. The molecule has 0 radical (unpaired) electrons. The van der Waals surface area contributed by atoms with E-state index in [2.05, 4.69) is 10.3 Å². The zero-order chi connectivity index (χ0) is 12.5. The molecular weight excluding hydrogens is 216 g/mol. The summed E-state index contributed by atoms with van der Waals surface area (Å²) in [6, 6.07) is 2.04. The first-order chi connectivity index (χ1) is 7.96. The van der Waals surface area contributed by atoms with Gasteiger partial charge in [-0.25, -0.2) is 4.79 Å². The highest BCUT2D eigenvalue weighted by Crippen LogP contribution is 2.30. The Morgan fingerprint density at radius 2 is 2.29 bits per heavy atom. The van der Waals surface area contributed by atoms with Crippen molar-refractivity contribution in [1.29, 1.82) is 0 Å². The van der Waals surface area contributed by atoms with Crippen LogP contribution in [0, 0.1) is 0 Å². The van der Waals surface area contributed by atoms with E-state index in [1.165, 1.54) is 5.56 Å². The number of aromatic nitrogens is 1. The van der Waals surface area contributed by atoms with Crippen LogP contribution in [0.2, 0.25) is 0 Å². The number of ether oxygens (including phenoxy) is 1. The number of amides is 1. The van der Waals surface area contributed by atoms with Crippen molar-refractivity contribution in [3.05, 3.63) is 29.6 Å². The molecule has 0 aromatic carbocycles. The Kier molecular flexibility index (Phi) is 3.05. The normalized spacial score (nSPS) is 18.6. The van der Waals surface area contributed by atoms with Crippen LogP contribution < -0.4 is 5.32 Å². The second-order valence-electron chi connectivity index (χ2n) is 5.31. The largest absolute Gasteiger partial charge is 0.444 e. The molecule has 17 heavy (non-hydrogen) atoms. The maximum Gasteiger partial charge on any atom is 0.408 e. The number of alkyl carbamates (subject to hydrolysis) is 1. The summed E-state index contributed by atoms with van der Waals surface area (Å²) in [5, 5.41) is 2.89. The van der Waals surface area contributed by atoms with E-state index in [1.54, 1.807) is 6.20 Å². The molecule has 1 aromatic rings. The lowest BCUT2D eigenvalue weighted by atomic mass is 10.1. The molecule has 2 rings (SSSR count). The molecule has 92 valence electrons. The van der Waals surface area contributed by atoms with Crippen LogP contribution in [0.15, 0.2) is 18.5 Å². The highest BCUT2D eigenvalue weighted by Gasteiger charge is 2.26. The zero-order valence-electron chi connectivity index (χ0n) is 10.5. The van der Waals surface area contributed by atoms with Gasteiger partial charge in [-0.3, -0.25) is 4.98 Å². The Labute approximate surface area is 101 Å². The molecule has 4 nitrogen and oxygen atoms in total. The van der Waals surface area contributed by atoms with Crippen LogP contribution in [0.5, 0.6) is 0 Å². The quantitative estimate of drug-likeness (QED) is 0.812. The number of fused-ring (bicyclic) bond motifs is 1. The number of pyridine rings is 1. The third-order valence-electron chi connectivity index (χ3n) is 2.71. The fourth-order valence-corrected chi connectivity index (χ4v) is 2.03. The molecule has 1 aliphatic rings.